The van der Waals surface area contributed by atoms with Gasteiger partial charge in [-0.2, -0.15) is 0 Å². The highest BCUT2D eigenvalue weighted by Crippen LogP contribution is 2.18. The van der Waals surface area contributed by atoms with Gasteiger partial charge >= 0.3 is 6.09 Å². The Morgan fingerprint density at radius 3 is 2.35 bits per heavy atom. The molecule has 0 aromatic carbocycles. The number of methoxy groups -OCH3 is 1. The zero-order chi connectivity index (χ0) is 15.1. The summed E-state index contributed by atoms with van der Waals surface area (Å²) in [5.41, 5.74) is 0. The van der Waals surface area contributed by atoms with Gasteiger partial charge in [-0.1, -0.05) is 13.8 Å². The van der Waals surface area contributed by atoms with E-state index in [0.717, 1.165) is 12.8 Å². The van der Waals surface area contributed by atoms with Crippen LogP contribution in [0.5, 0.6) is 0 Å². The van der Waals surface area contributed by atoms with Crippen LogP contribution in [0.2, 0.25) is 0 Å². The summed E-state index contributed by atoms with van der Waals surface area (Å²) in [6.45, 7) is 3.99. The summed E-state index contributed by atoms with van der Waals surface area (Å²) < 4.78 is 4.55. The number of rotatable bonds is 5. The van der Waals surface area contributed by atoms with E-state index >= 15 is 0 Å². The van der Waals surface area contributed by atoms with Gasteiger partial charge in [-0.05, 0) is 38.0 Å². The molecule has 1 rings (SSSR count). The van der Waals surface area contributed by atoms with E-state index in [-0.39, 0.29) is 24.0 Å². The van der Waals surface area contributed by atoms with E-state index in [1.165, 1.54) is 7.11 Å². The molecule has 1 unspecified atom stereocenters. The zero-order valence-electron chi connectivity index (χ0n) is 12.5. The number of carbonyl (C=O) groups is 2. The van der Waals surface area contributed by atoms with Crippen molar-refractivity contribution in [2.24, 2.45) is 5.92 Å². The number of alkyl carbamates (subject to hydrolysis) is 1. The lowest BCUT2D eigenvalue weighted by Crippen LogP contribution is -2.51. The number of aliphatic hydroxyl groups excluding tert-OH is 1. The van der Waals surface area contributed by atoms with Crippen molar-refractivity contribution in [2.75, 3.05) is 7.11 Å². The fourth-order valence-electron chi connectivity index (χ4n) is 2.43. The van der Waals surface area contributed by atoms with Crippen molar-refractivity contribution < 1.29 is 19.4 Å². The smallest absolute Gasteiger partial charge is 0.407 e. The summed E-state index contributed by atoms with van der Waals surface area (Å²) >= 11 is 0. The molecule has 1 saturated carbocycles. The Morgan fingerprint density at radius 1 is 1.25 bits per heavy atom. The second-order valence-corrected chi connectivity index (χ2v) is 5.83. The number of hydrogen-bond donors (Lipinski definition) is 3. The van der Waals surface area contributed by atoms with Crippen molar-refractivity contribution in [3.05, 3.63) is 0 Å². The van der Waals surface area contributed by atoms with Crippen molar-refractivity contribution in [2.45, 2.75) is 64.1 Å². The molecular formula is C14H26N2O4. The third-order valence-electron chi connectivity index (χ3n) is 3.54. The van der Waals surface area contributed by atoms with Crippen LogP contribution in [0, 0.1) is 5.92 Å². The van der Waals surface area contributed by atoms with Crippen LogP contribution >= 0.6 is 0 Å². The van der Waals surface area contributed by atoms with E-state index in [9.17, 15) is 14.7 Å². The monoisotopic (exact) mass is 286 g/mol. The van der Waals surface area contributed by atoms with Crippen LogP contribution in [0.15, 0.2) is 0 Å². The second-order valence-electron chi connectivity index (χ2n) is 5.83. The molecule has 0 radical (unpaired) electrons. The highest BCUT2D eigenvalue weighted by atomic mass is 16.5. The van der Waals surface area contributed by atoms with Crippen molar-refractivity contribution in [3.8, 4) is 0 Å². The van der Waals surface area contributed by atoms with Crippen molar-refractivity contribution in [1.82, 2.24) is 10.6 Å². The van der Waals surface area contributed by atoms with Crippen LogP contribution in [-0.4, -0.2) is 42.4 Å². The molecule has 0 heterocycles. The van der Waals surface area contributed by atoms with Gasteiger partial charge < -0.3 is 20.5 Å². The van der Waals surface area contributed by atoms with E-state index in [4.69, 9.17) is 0 Å². The Bertz CT molecular complexity index is 325. The third kappa shape index (κ3) is 5.77. The van der Waals surface area contributed by atoms with Crippen LogP contribution in [0.3, 0.4) is 0 Å². The number of aliphatic hydroxyl groups is 1. The minimum atomic E-state index is -0.593. The molecule has 0 aromatic heterocycles. The van der Waals surface area contributed by atoms with Crippen molar-refractivity contribution in [1.29, 1.82) is 0 Å². The lowest BCUT2D eigenvalue weighted by atomic mass is 9.92. The maximum absolute atomic E-state index is 12.2. The van der Waals surface area contributed by atoms with Gasteiger partial charge in [-0.25, -0.2) is 4.79 Å². The summed E-state index contributed by atoms with van der Waals surface area (Å²) in [5, 5.41) is 15.0. The Balaban J connectivity index is 2.51. The Kier molecular flexibility index (Phi) is 6.78. The topological polar surface area (TPSA) is 87.7 Å². The van der Waals surface area contributed by atoms with Crippen LogP contribution in [0.4, 0.5) is 4.79 Å². The van der Waals surface area contributed by atoms with Gasteiger partial charge in [-0.3, -0.25) is 4.79 Å². The van der Waals surface area contributed by atoms with Crippen molar-refractivity contribution in [3.63, 3.8) is 0 Å². The maximum Gasteiger partial charge on any atom is 0.407 e. The molecule has 0 bridgehead atoms. The first-order chi connectivity index (χ1) is 9.42. The molecule has 2 amide bonds. The average molecular weight is 286 g/mol. The standard InChI is InChI=1S/C14H26N2O4/c1-9(2)8-12(16-14(19)20-3)13(18)15-10-4-6-11(17)7-5-10/h9-12,17H,4-8H2,1-3H3,(H,15,18)(H,16,19). The molecule has 1 aliphatic carbocycles. The molecule has 0 aliphatic heterocycles. The van der Waals surface area contributed by atoms with Gasteiger partial charge in [0.25, 0.3) is 0 Å². The highest BCUT2D eigenvalue weighted by molar-refractivity contribution is 5.85. The number of carbonyl (C=O) groups excluding carboxylic acids is 2. The van der Waals surface area contributed by atoms with Gasteiger partial charge in [-0.15, -0.1) is 0 Å². The average Bonchev–Trinajstić information content (AvgIpc) is 2.39. The fourth-order valence-corrected chi connectivity index (χ4v) is 2.43. The van der Waals surface area contributed by atoms with Crippen molar-refractivity contribution >= 4 is 12.0 Å². The lowest BCUT2D eigenvalue weighted by Gasteiger charge is -2.28. The largest absolute Gasteiger partial charge is 0.453 e. The lowest BCUT2D eigenvalue weighted by molar-refractivity contribution is -0.124. The van der Waals surface area contributed by atoms with E-state index in [0.29, 0.717) is 19.3 Å². The van der Waals surface area contributed by atoms with Gasteiger partial charge in [0.2, 0.25) is 5.91 Å². The summed E-state index contributed by atoms with van der Waals surface area (Å²) in [6, 6.07) is -0.491. The van der Waals surface area contributed by atoms with Gasteiger partial charge in [0, 0.05) is 6.04 Å². The van der Waals surface area contributed by atoms with E-state index in [1.807, 2.05) is 13.8 Å². The summed E-state index contributed by atoms with van der Waals surface area (Å²) in [6.07, 6.45) is 2.71. The minimum absolute atomic E-state index is 0.0833. The molecule has 20 heavy (non-hydrogen) atoms. The predicted octanol–water partition coefficient (Wildman–Crippen LogP) is 1.18. The number of hydrogen-bond acceptors (Lipinski definition) is 4. The summed E-state index contributed by atoms with van der Waals surface area (Å²) in [7, 11) is 1.28. The molecule has 0 aromatic rings. The molecule has 116 valence electrons. The van der Waals surface area contributed by atoms with Crippen LogP contribution < -0.4 is 10.6 Å². The third-order valence-corrected chi connectivity index (χ3v) is 3.54. The molecule has 1 fully saturated rings. The summed E-state index contributed by atoms with van der Waals surface area (Å²) in [5.74, 6) is 0.113. The van der Waals surface area contributed by atoms with Gasteiger partial charge in [0.05, 0.1) is 13.2 Å². The summed E-state index contributed by atoms with van der Waals surface area (Å²) in [4.78, 5) is 23.5. The SMILES string of the molecule is COC(=O)NC(CC(C)C)C(=O)NC1CCC(O)CC1. The Labute approximate surface area is 120 Å². The van der Waals surface area contributed by atoms with Crippen LogP contribution in [0.25, 0.3) is 0 Å². The number of nitrogens with one attached hydrogen (secondary N) is 2. The minimum Gasteiger partial charge on any atom is -0.453 e. The molecule has 0 saturated heterocycles. The highest BCUT2D eigenvalue weighted by Gasteiger charge is 2.26. The van der Waals surface area contributed by atoms with Gasteiger partial charge in [0.1, 0.15) is 6.04 Å². The Hall–Kier alpha value is -1.30. The fraction of sp³-hybridized carbons (Fsp3) is 0.857. The molecule has 6 heteroatoms. The normalized spacial score (nSPS) is 24.1. The molecule has 3 N–H and O–H groups in total. The molecule has 0 spiro atoms. The predicted molar refractivity (Wildman–Crippen MR) is 75.2 cm³/mol. The van der Waals surface area contributed by atoms with Crippen LogP contribution in [0.1, 0.15) is 46.0 Å². The number of ether oxygens (including phenoxy) is 1. The molecular weight excluding hydrogens is 260 g/mol. The first-order valence-electron chi connectivity index (χ1n) is 7.25. The zero-order valence-corrected chi connectivity index (χ0v) is 12.5. The van der Waals surface area contributed by atoms with Gasteiger partial charge in [0.15, 0.2) is 0 Å². The molecule has 1 aliphatic rings. The second kappa shape index (κ2) is 8.09. The van der Waals surface area contributed by atoms with E-state index in [2.05, 4.69) is 15.4 Å². The Morgan fingerprint density at radius 2 is 1.85 bits per heavy atom. The quantitative estimate of drug-likeness (QED) is 0.708. The maximum atomic E-state index is 12.2. The molecule has 6 nitrogen and oxygen atoms in total. The molecule has 1 atom stereocenters. The van der Waals surface area contributed by atoms with E-state index < -0.39 is 12.1 Å². The van der Waals surface area contributed by atoms with E-state index in [1.54, 1.807) is 0 Å². The first kappa shape index (κ1) is 16.8. The van der Waals surface area contributed by atoms with Crippen LogP contribution in [-0.2, 0) is 9.53 Å². The first-order valence-corrected chi connectivity index (χ1v) is 7.25. The number of amides is 2.